The molecule has 1 fully saturated rings. The maximum atomic E-state index is 11.8. The maximum Gasteiger partial charge on any atom is 0.146 e. The molecular formula is C16H29NO2S. The zero-order valence-electron chi connectivity index (χ0n) is 13.2. The van der Waals surface area contributed by atoms with Gasteiger partial charge in [-0.1, -0.05) is 32.1 Å². The second-order valence-electron chi connectivity index (χ2n) is 6.20. The van der Waals surface area contributed by atoms with E-state index < -0.39 is 4.75 Å². The van der Waals surface area contributed by atoms with Crippen molar-refractivity contribution < 1.29 is 9.59 Å². The molecule has 1 N–H and O–H groups in total. The Balaban J connectivity index is 2.39. The van der Waals surface area contributed by atoms with E-state index in [1.807, 2.05) is 6.92 Å². The van der Waals surface area contributed by atoms with Crippen LogP contribution < -0.4 is 5.32 Å². The molecule has 0 aliphatic heterocycles. The van der Waals surface area contributed by atoms with Crippen molar-refractivity contribution in [1.29, 1.82) is 0 Å². The molecule has 0 saturated heterocycles. The molecule has 0 aromatic heterocycles. The highest BCUT2D eigenvalue weighted by molar-refractivity contribution is 8.01. The molecule has 1 saturated carbocycles. The van der Waals surface area contributed by atoms with Crippen molar-refractivity contribution in [2.24, 2.45) is 0 Å². The predicted molar refractivity (Wildman–Crippen MR) is 86.1 cm³/mol. The Labute approximate surface area is 127 Å². The molecule has 1 aliphatic rings. The Bertz CT molecular complexity index is 324. The average Bonchev–Trinajstić information content (AvgIpc) is 2.30. The van der Waals surface area contributed by atoms with Crippen LogP contribution in [0.5, 0.6) is 0 Å². The summed E-state index contributed by atoms with van der Waals surface area (Å²) >= 11 is 1.58. The van der Waals surface area contributed by atoms with E-state index in [1.54, 1.807) is 25.6 Å². The number of hydrogen-bond acceptors (Lipinski definition) is 4. The van der Waals surface area contributed by atoms with Crippen LogP contribution in [0.2, 0.25) is 0 Å². The minimum Gasteiger partial charge on any atom is -0.305 e. The minimum atomic E-state index is -0.569. The second kappa shape index (κ2) is 8.83. The van der Waals surface area contributed by atoms with Crippen molar-refractivity contribution in [3.8, 4) is 0 Å². The summed E-state index contributed by atoms with van der Waals surface area (Å²) in [4.78, 5) is 23.1. The molecule has 0 bridgehead atoms. The van der Waals surface area contributed by atoms with Crippen LogP contribution in [0, 0.1) is 0 Å². The van der Waals surface area contributed by atoms with E-state index >= 15 is 0 Å². The molecule has 4 heteroatoms. The summed E-state index contributed by atoms with van der Waals surface area (Å²) in [7, 11) is 0. The van der Waals surface area contributed by atoms with Gasteiger partial charge in [0.2, 0.25) is 0 Å². The number of carbonyl (C=O) groups excluding carboxylic acids is 2. The molecule has 0 heterocycles. The molecule has 0 radical (unpaired) electrons. The number of carbonyl (C=O) groups is 2. The topological polar surface area (TPSA) is 46.2 Å². The quantitative estimate of drug-likeness (QED) is 0.728. The van der Waals surface area contributed by atoms with Gasteiger partial charge in [-0.2, -0.15) is 0 Å². The fourth-order valence-electron chi connectivity index (χ4n) is 2.73. The summed E-state index contributed by atoms with van der Waals surface area (Å²) < 4.78 is -0.569. The van der Waals surface area contributed by atoms with Gasteiger partial charge >= 0.3 is 0 Å². The summed E-state index contributed by atoms with van der Waals surface area (Å²) in [5.74, 6) is 0.937. The highest BCUT2D eigenvalue weighted by Gasteiger charge is 2.31. The summed E-state index contributed by atoms with van der Waals surface area (Å²) in [5.41, 5.74) is 0. The Hall–Kier alpha value is -0.350. The lowest BCUT2D eigenvalue weighted by atomic mass is 9.97. The van der Waals surface area contributed by atoms with Crippen molar-refractivity contribution in [3.63, 3.8) is 0 Å². The Morgan fingerprint density at radius 1 is 1.10 bits per heavy atom. The van der Waals surface area contributed by atoms with Crippen LogP contribution in [0.1, 0.15) is 72.1 Å². The van der Waals surface area contributed by atoms with E-state index in [9.17, 15) is 9.59 Å². The number of nitrogens with one attached hydrogen (secondary N) is 1. The van der Waals surface area contributed by atoms with E-state index in [4.69, 9.17) is 0 Å². The van der Waals surface area contributed by atoms with Gasteiger partial charge in [-0.05, 0) is 33.6 Å². The molecular weight excluding hydrogens is 270 g/mol. The first-order valence-corrected chi connectivity index (χ1v) is 8.80. The number of rotatable bonds is 7. The van der Waals surface area contributed by atoms with Crippen LogP contribution in [0.4, 0.5) is 0 Å². The number of Topliss-reactive ketones (excluding diaryl/α,β-unsaturated/α-hetero) is 2. The SMILES string of the molecule is CC(=O)CC(C)(SCNC1CCCCCCC1)C(C)=O. The van der Waals surface area contributed by atoms with Crippen LogP contribution in [-0.2, 0) is 9.59 Å². The molecule has 1 rings (SSSR count). The van der Waals surface area contributed by atoms with E-state index in [1.165, 1.54) is 44.9 Å². The summed E-state index contributed by atoms with van der Waals surface area (Å²) in [5, 5.41) is 3.57. The third-order valence-electron chi connectivity index (χ3n) is 4.20. The van der Waals surface area contributed by atoms with Gasteiger partial charge in [0.05, 0.1) is 4.75 Å². The van der Waals surface area contributed by atoms with Gasteiger partial charge in [-0.3, -0.25) is 9.59 Å². The van der Waals surface area contributed by atoms with Gasteiger partial charge < -0.3 is 5.32 Å². The molecule has 1 unspecified atom stereocenters. The van der Waals surface area contributed by atoms with Crippen molar-refractivity contribution in [3.05, 3.63) is 0 Å². The van der Waals surface area contributed by atoms with Crippen molar-refractivity contribution in [2.45, 2.75) is 82.9 Å². The third kappa shape index (κ3) is 6.40. The Kier molecular flexibility index (Phi) is 7.82. The Morgan fingerprint density at radius 2 is 1.65 bits per heavy atom. The van der Waals surface area contributed by atoms with Crippen LogP contribution >= 0.6 is 11.8 Å². The van der Waals surface area contributed by atoms with E-state index in [-0.39, 0.29) is 11.6 Å². The molecule has 1 aliphatic carbocycles. The third-order valence-corrected chi connectivity index (χ3v) is 5.58. The lowest BCUT2D eigenvalue weighted by Gasteiger charge is -2.27. The molecule has 1 atom stereocenters. The monoisotopic (exact) mass is 299 g/mol. The van der Waals surface area contributed by atoms with Gasteiger partial charge in [0.25, 0.3) is 0 Å². The van der Waals surface area contributed by atoms with Gasteiger partial charge in [0.1, 0.15) is 11.6 Å². The van der Waals surface area contributed by atoms with Gasteiger partial charge in [-0.25, -0.2) is 0 Å². The normalized spacial score (nSPS) is 20.8. The minimum absolute atomic E-state index is 0.0844. The summed E-state index contributed by atoms with van der Waals surface area (Å²) in [6.07, 6.45) is 9.50. The van der Waals surface area contributed by atoms with Crippen molar-refractivity contribution >= 4 is 23.3 Å². The maximum absolute atomic E-state index is 11.8. The standard InChI is InChI=1S/C16H29NO2S/c1-13(18)11-16(3,14(2)19)20-12-17-15-9-7-5-4-6-8-10-15/h15,17H,4-12H2,1-3H3. The summed E-state index contributed by atoms with van der Waals surface area (Å²) in [6, 6.07) is 0.580. The first-order chi connectivity index (χ1) is 9.44. The number of ketones is 2. The van der Waals surface area contributed by atoms with E-state index in [0.29, 0.717) is 12.5 Å². The van der Waals surface area contributed by atoms with E-state index in [2.05, 4.69) is 5.32 Å². The van der Waals surface area contributed by atoms with Gasteiger partial charge in [0, 0.05) is 18.3 Å². The smallest absolute Gasteiger partial charge is 0.146 e. The highest BCUT2D eigenvalue weighted by Crippen LogP contribution is 2.30. The molecule has 0 amide bonds. The fourth-order valence-corrected chi connectivity index (χ4v) is 3.88. The first kappa shape index (κ1) is 17.7. The second-order valence-corrected chi connectivity index (χ2v) is 7.68. The molecule has 0 spiro atoms. The molecule has 20 heavy (non-hydrogen) atoms. The van der Waals surface area contributed by atoms with Crippen LogP contribution in [0.25, 0.3) is 0 Å². The van der Waals surface area contributed by atoms with Crippen molar-refractivity contribution in [2.75, 3.05) is 5.88 Å². The van der Waals surface area contributed by atoms with Crippen molar-refractivity contribution in [1.82, 2.24) is 5.32 Å². The first-order valence-electron chi connectivity index (χ1n) is 7.82. The molecule has 116 valence electrons. The predicted octanol–water partition coefficient (Wildman–Crippen LogP) is 3.71. The number of thioether (sulfide) groups is 1. The largest absolute Gasteiger partial charge is 0.305 e. The molecule has 0 aromatic carbocycles. The zero-order valence-corrected chi connectivity index (χ0v) is 14.0. The van der Waals surface area contributed by atoms with Crippen LogP contribution in [0.3, 0.4) is 0 Å². The molecule has 3 nitrogen and oxygen atoms in total. The summed E-state index contributed by atoms with van der Waals surface area (Å²) in [6.45, 7) is 5.04. The van der Waals surface area contributed by atoms with Gasteiger partial charge in [0.15, 0.2) is 0 Å². The average molecular weight is 299 g/mol. The van der Waals surface area contributed by atoms with Gasteiger partial charge in [-0.15, -0.1) is 11.8 Å². The fraction of sp³-hybridized carbons (Fsp3) is 0.875. The lowest BCUT2D eigenvalue weighted by molar-refractivity contribution is -0.123. The van der Waals surface area contributed by atoms with Crippen LogP contribution in [0.15, 0.2) is 0 Å². The lowest BCUT2D eigenvalue weighted by Crippen LogP contribution is -2.36. The highest BCUT2D eigenvalue weighted by atomic mass is 32.2. The van der Waals surface area contributed by atoms with Crippen LogP contribution in [-0.4, -0.2) is 28.2 Å². The number of hydrogen-bond donors (Lipinski definition) is 1. The zero-order chi connectivity index (χ0) is 15.0. The molecule has 0 aromatic rings. The Morgan fingerprint density at radius 3 is 2.15 bits per heavy atom. The van der Waals surface area contributed by atoms with E-state index in [0.717, 1.165) is 5.88 Å².